The number of halogens is 3. The summed E-state index contributed by atoms with van der Waals surface area (Å²) in [5.74, 6) is -2.39. The van der Waals surface area contributed by atoms with Crippen molar-refractivity contribution in [1.29, 1.82) is 0 Å². The molecule has 8 heteroatoms. The third-order valence-corrected chi connectivity index (χ3v) is 2.60. The van der Waals surface area contributed by atoms with E-state index in [9.17, 15) is 22.8 Å². The predicted octanol–water partition coefficient (Wildman–Crippen LogP) is 2.79. The highest BCUT2D eigenvalue weighted by Gasteiger charge is 2.32. The molecule has 0 atom stereocenters. The van der Waals surface area contributed by atoms with Crippen molar-refractivity contribution in [2.75, 3.05) is 7.11 Å². The van der Waals surface area contributed by atoms with Crippen molar-refractivity contribution < 1.29 is 37.3 Å². The quantitative estimate of drug-likeness (QED) is 0.645. The maximum atomic E-state index is 12.4. The van der Waals surface area contributed by atoms with Crippen LogP contribution < -0.4 is 4.74 Å². The van der Waals surface area contributed by atoms with Crippen molar-refractivity contribution in [3.05, 3.63) is 35.4 Å². The van der Waals surface area contributed by atoms with Crippen molar-refractivity contribution >= 4 is 18.0 Å². The molecule has 5 nitrogen and oxygen atoms in total. The van der Waals surface area contributed by atoms with Crippen molar-refractivity contribution in [3.8, 4) is 5.75 Å². The summed E-state index contributed by atoms with van der Waals surface area (Å²) in [7, 11) is 1.19. The zero-order chi connectivity index (χ0) is 16.8. The zero-order valence-corrected chi connectivity index (χ0v) is 11.5. The Morgan fingerprint density at radius 1 is 1.32 bits per heavy atom. The molecule has 0 aliphatic rings. The number of aliphatic carboxylic acids is 1. The van der Waals surface area contributed by atoms with Crippen molar-refractivity contribution in [2.45, 2.75) is 19.2 Å². The van der Waals surface area contributed by atoms with Crippen LogP contribution in [0, 0.1) is 0 Å². The first-order chi connectivity index (χ1) is 10.2. The van der Waals surface area contributed by atoms with Gasteiger partial charge in [0.15, 0.2) is 0 Å². The number of methoxy groups -OCH3 is 1. The Kier molecular flexibility index (Phi) is 5.97. The summed E-state index contributed by atoms with van der Waals surface area (Å²) in [6, 6.07) is 3.87. The van der Waals surface area contributed by atoms with Crippen LogP contribution in [0.5, 0.6) is 5.75 Å². The molecule has 0 bridgehead atoms. The SMILES string of the molecule is COC(=O)CCc1cccc(OC(F)(F)F)c1/C=C/C(=O)O. The summed E-state index contributed by atoms with van der Waals surface area (Å²) in [4.78, 5) is 21.7. The van der Waals surface area contributed by atoms with Gasteiger partial charge in [0.1, 0.15) is 5.75 Å². The average molecular weight is 318 g/mol. The Morgan fingerprint density at radius 2 is 2.00 bits per heavy atom. The van der Waals surface area contributed by atoms with E-state index >= 15 is 0 Å². The monoisotopic (exact) mass is 318 g/mol. The fourth-order valence-corrected chi connectivity index (χ4v) is 1.70. The Morgan fingerprint density at radius 3 is 2.55 bits per heavy atom. The molecule has 0 unspecified atom stereocenters. The van der Waals surface area contributed by atoms with Gasteiger partial charge in [-0.2, -0.15) is 0 Å². The summed E-state index contributed by atoms with van der Waals surface area (Å²) < 4.78 is 45.5. The smallest absolute Gasteiger partial charge is 0.478 e. The third kappa shape index (κ3) is 5.86. The molecule has 0 radical (unpaired) electrons. The third-order valence-electron chi connectivity index (χ3n) is 2.60. The van der Waals surface area contributed by atoms with E-state index in [4.69, 9.17) is 5.11 Å². The molecular formula is C14H13F3O5. The van der Waals surface area contributed by atoms with E-state index in [2.05, 4.69) is 9.47 Å². The molecule has 0 spiro atoms. The summed E-state index contributed by atoms with van der Waals surface area (Å²) in [6.07, 6.45) is -3.19. The van der Waals surface area contributed by atoms with E-state index in [1.54, 1.807) is 0 Å². The van der Waals surface area contributed by atoms with Gasteiger partial charge in [0.2, 0.25) is 0 Å². The number of benzene rings is 1. The standard InChI is InChI=1S/C14H13F3O5/c1-21-13(20)8-5-9-3-2-4-11(22-14(15,16)17)10(9)6-7-12(18)19/h2-4,6-7H,5,8H2,1H3,(H,18,19)/b7-6+. The van der Waals surface area contributed by atoms with Crippen LogP contribution in [0.1, 0.15) is 17.5 Å². The number of carbonyl (C=O) groups is 2. The van der Waals surface area contributed by atoms with Gasteiger partial charge in [-0.25, -0.2) is 4.79 Å². The second-order valence-corrected chi connectivity index (χ2v) is 4.12. The number of rotatable bonds is 6. The molecule has 0 aromatic heterocycles. The number of ether oxygens (including phenoxy) is 2. The lowest BCUT2D eigenvalue weighted by Gasteiger charge is -2.14. The second-order valence-electron chi connectivity index (χ2n) is 4.12. The van der Waals surface area contributed by atoms with Crippen LogP contribution in [0.3, 0.4) is 0 Å². The molecule has 0 aliphatic heterocycles. The predicted molar refractivity (Wildman–Crippen MR) is 70.1 cm³/mol. The Balaban J connectivity index is 3.15. The van der Waals surface area contributed by atoms with E-state index in [-0.39, 0.29) is 18.4 Å². The average Bonchev–Trinajstić information content (AvgIpc) is 2.41. The molecule has 0 saturated heterocycles. The molecule has 0 amide bonds. The zero-order valence-electron chi connectivity index (χ0n) is 11.5. The Bertz CT molecular complexity index is 578. The van der Waals surface area contributed by atoms with Gasteiger partial charge in [0.05, 0.1) is 7.11 Å². The lowest BCUT2D eigenvalue weighted by atomic mass is 10.0. The normalized spacial score (nSPS) is 11.5. The molecule has 120 valence electrons. The number of alkyl halides is 3. The first kappa shape index (κ1) is 17.5. The van der Waals surface area contributed by atoms with Gasteiger partial charge in [-0.3, -0.25) is 4.79 Å². The van der Waals surface area contributed by atoms with Crippen molar-refractivity contribution in [1.82, 2.24) is 0 Å². The molecule has 1 rings (SSSR count). The Labute approximate surface area is 124 Å². The van der Waals surface area contributed by atoms with Crippen LogP contribution in [0.15, 0.2) is 24.3 Å². The van der Waals surface area contributed by atoms with Crippen LogP contribution in [0.2, 0.25) is 0 Å². The van der Waals surface area contributed by atoms with Gasteiger partial charge in [0.25, 0.3) is 0 Å². The van der Waals surface area contributed by atoms with Crippen molar-refractivity contribution in [2.24, 2.45) is 0 Å². The lowest BCUT2D eigenvalue weighted by Crippen LogP contribution is -2.18. The van der Waals surface area contributed by atoms with Gasteiger partial charge in [-0.1, -0.05) is 12.1 Å². The van der Waals surface area contributed by atoms with Crippen molar-refractivity contribution in [3.63, 3.8) is 0 Å². The van der Waals surface area contributed by atoms with E-state index in [1.807, 2.05) is 0 Å². The maximum absolute atomic E-state index is 12.4. The highest BCUT2D eigenvalue weighted by molar-refractivity contribution is 5.86. The van der Waals surface area contributed by atoms with Gasteiger partial charge in [-0.15, -0.1) is 13.2 Å². The van der Waals surface area contributed by atoms with Crippen LogP contribution >= 0.6 is 0 Å². The molecule has 0 saturated carbocycles. The molecule has 1 N–H and O–H groups in total. The fraction of sp³-hybridized carbons (Fsp3) is 0.286. The number of carboxylic acid groups (broad SMARTS) is 1. The largest absolute Gasteiger partial charge is 0.573 e. The maximum Gasteiger partial charge on any atom is 0.573 e. The summed E-state index contributed by atoms with van der Waals surface area (Å²) in [6.45, 7) is 0. The van der Waals surface area contributed by atoms with Gasteiger partial charge in [-0.05, 0) is 24.1 Å². The number of hydrogen-bond acceptors (Lipinski definition) is 4. The number of hydrogen-bond donors (Lipinski definition) is 1. The molecule has 0 heterocycles. The van der Waals surface area contributed by atoms with Gasteiger partial charge in [0, 0.05) is 18.1 Å². The molecule has 0 fully saturated rings. The second kappa shape index (κ2) is 7.48. The lowest BCUT2D eigenvalue weighted by molar-refractivity contribution is -0.274. The highest BCUT2D eigenvalue weighted by Crippen LogP contribution is 2.30. The molecule has 0 aliphatic carbocycles. The molecule has 22 heavy (non-hydrogen) atoms. The van der Waals surface area contributed by atoms with Gasteiger partial charge < -0.3 is 14.6 Å². The van der Waals surface area contributed by atoms with E-state index in [0.29, 0.717) is 11.6 Å². The minimum absolute atomic E-state index is 0.0499. The summed E-state index contributed by atoms with van der Waals surface area (Å²) >= 11 is 0. The van der Waals surface area contributed by atoms with Crippen LogP contribution in [0.25, 0.3) is 6.08 Å². The first-order valence-electron chi connectivity index (χ1n) is 6.08. The van der Waals surface area contributed by atoms with Crippen LogP contribution in [-0.2, 0) is 20.7 Å². The Hall–Kier alpha value is -2.51. The van der Waals surface area contributed by atoms with Crippen LogP contribution in [0.4, 0.5) is 13.2 Å². The van der Waals surface area contributed by atoms with Crippen LogP contribution in [-0.4, -0.2) is 30.5 Å². The number of carboxylic acids is 1. The number of aryl methyl sites for hydroxylation is 1. The topological polar surface area (TPSA) is 72.8 Å². The van der Waals surface area contributed by atoms with E-state index in [1.165, 1.54) is 19.2 Å². The highest BCUT2D eigenvalue weighted by atomic mass is 19.4. The summed E-state index contributed by atoms with van der Waals surface area (Å²) in [5, 5.41) is 8.62. The molecular weight excluding hydrogens is 305 g/mol. The molecule has 1 aromatic rings. The summed E-state index contributed by atoms with van der Waals surface area (Å²) in [5.41, 5.74) is 0.288. The number of esters is 1. The first-order valence-corrected chi connectivity index (χ1v) is 6.08. The minimum Gasteiger partial charge on any atom is -0.478 e. The number of carbonyl (C=O) groups excluding carboxylic acids is 1. The van der Waals surface area contributed by atoms with E-state index in [0.717, 1.165) is 12.1 Å². The molecule has 1 aromatic carbocycles. The van der Waals surface area contributed by atoms with E-state index < -0.39 is 24.1 Å². The fourth-order valence-electron chi connectivity index (χ4n) is 1.70. The van der Waals surface area contributed by atoms with Gasteiger partial charge >= 0.3 is 18.3 Å². The minimum atomic E-state index is -4.91.